The Kier molecular flexibility index (Phi) is 10.4. The van der Waals surface area contributed by atoms with Crippen molar-refractivity contribution in [3.8, 4) is 0 Å². The van der Waals surface area contributed by atoms with E-state index in [9.17, 15) is 14.4 Å². The van der Waals surface area contributed by atoms with E-state index in [0.29, 0.717) is 19.4 Å². The molecule has 0 bridgehead atoms. The van der Waals surface area contributed by atoms with E-state index in [0.717, 1.165) is 35.7 Å². The van der Waals surface area contributed by atoms with Crippen molar-refractivity contribution >= 4 is 28.8 Å². The lowest BCUT2D eigenvalue weighted by Gasteiger charge is -2.21. The summed E-state index contributed by atoms with van der Waals surface area (Å²) in [6.07, 6.45) is 6.28. The van der Waals surface area contributed by atoms with E-state index < -0.39 is 5.92 Å². The van der Waals surface area contributed by atoms with Gasteiger partial charge in [0.05, 0.1) is 19.0 Å². The molecule has 182 valence electrons. The summed E-state index contributed by atoms with van der Waals surface area (Å²) in [7, 11) is 1.34. The number of para-hydroxylation sites is 1. The Balaban J connectivity index is 2.11. The Morgan fingerprint density at radius 1 is 1.09 bits per heavy atom. The highest BCUT2D eigenvalue weighted by molar-refractivity contribution is 5.93. The predicted molar refractivity (Wildman–Crippen MR) is 131 cm³/mol. The number of esters is 1. The van der Waals surface area contributed by atoms with Crippen LogP contribution in [0.15, 0.2) is 30.5 Å². The van der Waals surface area contributed by atoms with Gasteiger partial charge in [-0.15, -0.1) is 0 Å². The van der Waals surface area contributed by atoms with Crippen LogP contribution in [0.5, 0.6) is 0 Å². The van der Waals surface area contributed by atoms with E-state index in [2.05, 4.69) is 17.6 Å². The van der Waals surface area contributed by atoms with Crippen LogP contribution in [0.4, 0.5) is 4.79 Å². The van der Waals surface area contributed by atoms with Crippen LogP contribution in [-0.2, 0) is 20.7 Å². The number of carbonyl (C=O) groups is 3. The second-order valence-electron chi connectivity index (χ2n) is 9.20. The summed E-state index contributed by atoms with van der Waals surface area (Å²) in [4.78, 5) is 37.4. The maximum atomic E-state index is 12.9. The largest absolute Gasteiger partial charge is 0.469 e. The van der Waals surface area contributed by atoms with Gasteiger partial charge in [-0.05, 0) is 43.7 Å². The molecule has 2 N–H and O–H groups in total. The first kappa shape index (κ1) is 26.4. The van der Waals surface area contributed by atoms with Crippen molar-refractivity contribution in [3.63, 3.8) is 0 Å². The molecule has 33 heavy (non-hydrogen) atoms. The van der Waals surface area contributed by atoms with Gasteiger partial charge in [-0.3, -0.25) is 14.2 Å². The van der Waals surface area contributed by atoms with Gasteiger partial charge in [0.2, 0.25) is 5.91 Å². The quantitative estimate of drug-likeness (QED) is 0.358. The lowest BCUT2D eigenvalue weighted by atomic mass is 9.93. The van der Waals surface area contributed by atoms with Crippen molar-refractivity contribution in [1.29, 1.82) is 0 Å². The number of unbranched alkanes of at least 4 members (excludes halogenated alkanes) is 2. The minimum absolute atomic E-state index is 0.0742. The molecular formula is C26H39N3O4. The van der Waals surface area contributed by atoms with Gasteiger partial charge in [0, 0.05) is 30.1 Å². The molecule has 1 aromatic heterocycles. The zero-order chi connectivity index (χ0) is 24.4. The van der Waals surface area contributed by atoms with Gasteiger partial charge in [-0.1, -0.05) is 51.8 Å². The number of methoxy groups -OCH3 is 1. The number of fused-ring (bicyclic) bond motifs is 1. The van der Waals surface area contributed by atoms with Crippen LogP contribution in [0.3, 0.4) is 0 Å². The van der Waals surface area contributed by atoms with Gasteiger partial charge in [-0.25, -0.2) is 4.79 Å². The number of benzene rings is 1. The first-order chi connectivity index (χ1) is 15.8. The lowest BCUT2D eigenvalue weighted by molar-refractivity contribution is -0.144. The van der Waals surface area contributed by atoms with E-state index in [1.165, 1.54) is 7.11 Å². The molecule has 7 heteroatoms. The zero-order valence-electron chi connectivity index (χ0n) is 20.6. The predicted octanol–water partition coefficient (Wildman–Crippen LogP) is 4.66. The SMILES string of the molecule is CCCCCNC(=O)n1cc(C[C@@H](C)NC(=O)C(CC(=O)OC)CC(C)C)c2ccccc21. The molecule has 0 aliphatic rings. The van der Waals surface area contributed by atoms with Gasteiger partial charge in [0.25, 0.3) is 0 Å². The van der Waals surface area contributed by atoms with Crippen LogP contribution in [0.1, 0.15) is 65.4 Å². The molecule has 1 heterocycles. The molecule has 0 spiro atoms. The molecule has 1 aromatic carbocycles. The molecule has 0 aliphatic carbocycles. The third kappa shape index (κ3) is 7.91. The van der Waals surface area contributed by atoms with Gasteiger partial charge < -0.3 is 15.4 Å². The summed E-state index contributed by atoms with van der Waals surface area (Å²) < 4.78 is 6.43. The van der Waals surface area contributed by atoms with E-state index >= 15 is 0 Å². The van der Waals surface area contributed by atoms with Gasteiger partial charge in [0.1, 0.15) is 0 Å². The third-order valence-corrected chi connectivity index (χ3v) is 5.75. The first-order valence-corrected chi connectivity index (χ1v) is 12.0. The number of rotatable bonds is 12. The topological polar surface area (TPSA) is 89.4 Å². The van der Waals surface area contributed by atoms with Crippen molar-refractivity contribution in [1.82, 2.24) is 15.2 Å². The Morgan fingerprint density at radius 2 is 1.82 bits per heavy atom. The van der Waals surface area contributed by atoms with Gasteiger partial charge in [-0.2, -0.15) is 0 Å². The summed E-state index contributed by atoms with van der Waals surface area (Å²) in [6, 6.07) is 7.51. The second kappa shape index (κ2) is 13.0. The molecule has 0 radical (unpaired) electrons. The molecule has 0 saturated carbocycles. The standard InChI is InChI=1S/C26H39N3O4/c1-6-7-10-13-27-26(32)29-17-21(22-11-8-9-12-23(22)29)15-19(4)28-25(31)20(14-18(2)3)16-24(30)33-5/h8-9,11-12,17-20H,6-7,10,13-16H2,1-5H3,(H,27,32)(H,28,31)/t19-,20?/m1/s1. The first-order valence-electron chi connectivity index (χ1n) is 12.0. The second-order valence-corrected chi connectivity index (χ2v) is 9.20. The summed E-state index contributed by atoms with van der Waals surface area (Å²) in [5, 5.41) is 7.05. The molecule has 0 fully saturated rings. The minimum Gasteiger partial charge on any atom is -0.469 e. The highest BCUT2D eigenvalue weighted by atomic mass is 16.5. The summed E-state index contributed by atoms with van der Waals surface area (Å²) in [6.45, 7) is 8.79. The smallest absolute Gasteiger partial charge is 0.326 e. The van der Waals surface area contributed by atoms with Crippen LogP contribution >= 0.6 is 0 Å². The highest BCUT2D eigenvalue weighted by Gasteiger charge is 2.25. The minimum atomic E-state index is -0.421. The monoisotopic (exact) mass is 457 g/mol. The molecular weight excluding hydrogens is 418 g/mol. The van der Waals surface area contributed by atoms with Gasteiger partial charge >= 0.3 is 12.0 Å². The average molecular weight is 458 g/mol. The van der Waals surface area contributed by atoms with Crippen molar-refractivity contribution in [2.45, 2.75) is 72.3 Å². The van der Waals surface area contributed by atoms with Crippen LogP contribution in [0.2, 0.25) is 0 Å². The summed E-state index contributed by atoms with van der Waals surface area (Å²) in [5.74, 6) is -0.653. The maximum Gasteiger partial charge on any atom is 0.326 e. The van der Waals surface area contributed by atoms with Crippen molar-refractivity contribution < 1.29 is 19.1 Å². The van der Waals surface area contributed by atoms with Crippen LogP contribution in [-0.4, -0.2) is 42.2 Å². The van der Waals surface area contributed by atoms with Crippen LogP contribution in [0.25, 0.3) is 10.9 Å². The number of amides is 2. The number of aromatic nitrogens is 1. The Hall–Kier alpha value is -2.83. The number of nitrogens with zero attached hydrogens (tertiary/aromatic N) is 1. The Bertz CT molecular complexity index is 935. The number of nitrogens with one attached hydrogen (secondary N) is 2. The van der Waals surface area contributed by atoms with E-state index in [1.807, 2.05) is 51.2 Å². The maximum absolute atomic E-state index is 12.9. The average Bonchev–Trinajstić information content (AvgIpc) is 3.14. The molecule has 2 rings (SSSR count). The molecule has 2 atom stereocenters. The van der Waals surface area contributed by atoms with Crippen molar-refractivity contribution in [2.24, 2.45) is 11.8 Å². The Labute approximate surface area is 197 Å². The Morgan fingerprint density at radius 3 is 2.48 bits per heavy atom. The fourth-order valence-corrected chi connectivity index (χ4v) is 4.11. The zero-order valence-corrected chi connectivity index (χ0v) is 20.6. The normalized spacial score (nSPS) is 13.0. The van der Waals surface area contributed by atoms with E-state index in [-0.39, 0.29) is 36.3 Å². The molecule has 1 unspecified atom stereocenters. The van der Waals surface area contributed by atoms with E-state index in [4.69, 9.17) is 4.74 Å². The lowest BCUT2D eigenvalue weighted by Crippen LogP contribution is -2.39. The molecule has 2 aromatic rings. The fourth-order valence-electron chi connectivity index (χ4n) is 4.11. The molecule has 0 aliphatic heterocycles. The van der Waals surface area contributed by atoms with Crippen molar-refractivity contribution in [3.05, 3.63) is 36.0 Å². The summed E-state index contributed by atoms with van der Waals surface area (Å²) in [5.41, 5.74) is 1.85. The van der Waals surface area contributed by atoms with Gasteiger partial charge in [0.15, 0.2) is 0 Å². The fraction of sp³-hybridized carbons (Fsp3) is 0.577. The van der Waals surface area contributed by atoms with E-state index in [1.54, 1.807) is 4.57 Å². The number of hydrogen-bond donors (Lipinski definition) is 2. The number of ether oxygens (including phenoxy) is 1. The number of carbonyl (C=O) groups excluding carboxylic acids is 3. The third-order valence-electron chi connectivity index (χ3n) is 5.75. The number of hydrogen-bond acceptors (Lipinski definition) is 4. The molecule has 0 saturated heterocycles. The summed E-state index contributed by atoms with van der Waals surface area (Å²) >= 11 is 0. The highest BCUT2D eigenvalue weighted by Crippen LogP contribution is 2.23. The molecule has 7 nitrogen and oxygen atoms in total. The molecule has 2 amide bonds. The van der Waals surface area contributed by atoms with Crippen LogP contribution in [0, 0.1) is 11.8 Å². The van der Waals surface area contributed by atoms with Crippen molar-refractivity contribution in [2.75, 3.05) is 13.7 Å². The van der Waals surface area contributed by atoms with Crippen LogP contribution < -0.4 is 10.6 Å².